The molecule has 1 aliphatic carbocycles. The zero-order chi connectivity index (χ0) is 22.2. The van der Waals surface area contributed by atoms with Gasteiger partial charge in [0.05, 0.1) is 24.2 Å². The second-order valence-electron chi connectivity index (χ2n) is 7.99. The van der Waals surface area contributed by atoms with Gasteiger partial charge >= 0.3 is 0 Å². The minimum atomic E-state index is -0.111. The lowest BCUT2D eigenvalue weighted by atomic mass is 9.97. The number of ether oxygens (including phenoxy) is 1. The van der Waals surface area contributed by atoms with Crippen molar-refractivity contribution < 1.29 is 4.74 Å². The maximum absolute atomic E-state index is 13.5. The summed E-state index contributed by atoms with van der Waals surface area (Å²) < 4.78 is 8.52. The maximum atomic E-state index is 13.5. The first kappa shape index (κ1) is 21.4. The Morgan fingerprint density at radius 3 is 2.91 bits per heavy atom. The molecule has 0 saturated carbocycles. The highest BCUT2D eigenvalue weighted by molar-refractivity contribution is 7.98. The number of fused-ring (bicyclic) bond motifs is 4. The molecule has 0 radical (unpaired) electrons. The summed E-state index contributed by atoms with van der Waals surface area (Å²) in [6, 6.07) is 5.34. The number of rotatable bonds is 6. The summed E-state index contributed by atoms with van der Waals surface area (Å²) in [7, 11) is 1.63. The summed E-state index contributed by atoms with van der Waals surface area (Å²) in [6.07, 6.45) is 6.00. The topological polar surface area (TPSA) is 78.5 Å². The van der Waals surface area contributed by atoms with Crippen molar-refractivity contribution in [3.05, 3.63) is 66.8 Å². The number of thiophene rings is 1. The van der Waals surface area contributed by atoms with E-state index in [4.69, 9.17) is 9.72 Å². The van der Waals surface area contributed by atoms with Gasteiger partial charge in [-0.15, -0.1) is 11.3 Å². The zero-order valence-corrected chi connectivity index (χ0v) is 19.7. The molecule has 0 amide bonds. The highest BCUT2D eigenvalue weighted by atomic mass is 32.2. The lowest BCUT2D eigenvalue weighted by molar-refractivity contribution is 0.183. The van der Waals surface area contributed by atoms with E-state index in [9.17, 15) is 9.59 Å². The monoisotopic (exact) mass is 468 g/mol. The number of pyridine rings is 1. The summed E-state index contributed by atoms with van der Waals surface area (Å²) in [5, 5.41) is 1.42. The molecular weight excluding hydrogens is 444 g/mol. The second kappa shape index (κ2) is 8.80. The van der Waals surface area contributed by atoms with Crippen LogP contribution in [0.5, 0.6) is 0 Å². The van der Waals surface area contributed by atoms with E-state index in [0.717, 1.165) is 35.0 Å². The van der Waals surface area contributed by atoms with Gasteiger partial charge in [0.1, 0.15) is 10.5 Å². The molecule has 4 aromatic heterocycles. The van der Waals surface area contributed by atoms with Gasteiger partial charge in [-0.25, -0.2) is 9.97 Å². The van der Waals surface area contributed by atoms with E-state index in [1.165, 1.54) is 28.6 Å². The van der Waals surface area contributed by atoms with Crippen molar-refractivity contribution in [3.8, 4) is 0 Å². The van der Waals surface area contributed by atoms with Crippen molar-refractivity contribution in [2.45, 2.75) is 50.1 Å². The molecule has 4 heterocycles. The fourth-order valence-corrected chi connectivity index (χ4v) is 6.45. The van der Waals surface area contributed by atoms with E-state index in [0.29, 0.717) is 35.4 Å². The number of methoxy groups -OCH3 is 1. The molecule has 0 fully saturated rings. The molecule has 166 valence electrons. The first-order chi connectivity index (χ1) is 15.6. The van der Waals surface area contributed by atoms with Crippen LogP contribution in [0.4, 0.5) is 0 Å². The molecule has 0 unspecified atom stereocenters. The predicted molar refractivity (Wildman–Crippen MR) is 128 cm³/mol. The third kappa shape index (κ3) is 3.78. The summed E-state index contributed by atoms with van der Waals surface area (Å²) in [5.74, 6) is 0.454. The summed E-state index contributed by atoms with van der Waals surface area (Å²) in [4.78, 5) is 37.7. The van der Waals surface area contributed by atoms with Crippen LogP contribution in [0.1, 0.15) is 34.5 Å². The minimum absolute atomic E-state index is 0.0105. The van der Waals surface area contributed by atoms with Gasteiger partial charge in [0.15, 0.2) is 5.16 Å². The first-order valence-electron chi connectivity index (χ1n) is 10.7. The summed E-state index contributed by atoms with van der Waals surface area (Å²) in [6.45, 7) is 2.81. The largest absolute Gasteiger partial charge is 0.383 e. The lowest BCUT2D eigenvalue weighted by Crippen LogP contribution is -2.25. The van der Waals surface area contributed by atoms with Crippen LogP contribution in [0.15, 0.2) is 39.1 Å². The highest BCUT2D eigenvalue weighted by Crippen LogP contribution is 2.35. The molecule has 32 heavy (non-hydrogen) atoms. The highest BCUT2D eigenvalue weighted by Gasteiger charge is 2.22. The van der Waals surface area contributed by atoms with Gasteiger partial charge in [-0.2, -0.15) is 0 Å². The second-order valence-corrected chi connectivity index (χ2v) is 10.0. The molecule has 0 aromatic carbocycles. The van der Waals surface area contributed by atoms with Crippen LogP contribution in [-0.4, -0.2) is 32.7 Å². The summed E-state index contributed by atoms with van der Waals surface area (Å²) in [5.41, 5.74) is 3.36. The number of aromatic nitrogens is 4. The number of thioether (sulfide) groups is 1. The molecule has 0 bridgehead atoms. The van der Waals surface area contributed by atoms with E-state index >= 15 is 0 Å². The third-order valence-corrected chi connectivity index (χ3v) is 8.04. The van der Waals surface area contributed by atoms with Gasteiger partial charge < -0.3 is 4.74 Å². The smallest absolute Gasteiger partial charge is 0.263 e. The quantitative estimate of drug-likeness (QED) is 0.318. The Hall–Kier alpha value is -2.49. The molecule has 7 nitrogen and oxygen atoms in total. The van der Waals surface area contributed by atoms with E-state index in [1.807, 2.05) is 19.1 Å². The van der Waals surface area contributed by atoms with E-state index in [2.05, 4.69) is 4.98 Å². The van der Waals surface area contributed by atoms with Crippen molar-refractivity contribution in [1.82, 2.24) is 18.9 Å². The van der Waals surface area contributed by atoms with Crippen molar-refractivity contribution in [3.63, 3.8) is 0 Å². The minimum Gasteiger partial charge on any atom is -0.383 e. The molecule has 0 saturated heterocycles. The Kier molecular flexibility index (Phi) is 5.88. The fraction of sp³-hybridized carbons (Fsp3) is 0.391. The molecule has 9 heteroatoms. The molecule has 0 aliphatic heterocycles. The van der Waals surface area contributed by atoms with Crippen LogP contribution >= 0.6 is 23.1 Å². The van der Waals surface area contributed by atoms with Crippen molar-refractivity contribution >= 4 is 39.0 Å². The third-order valence-electron chi connectivity index (χ3n) is 5.85. The van der Waals surface area contributed by atoms with Crippen LogP contribution in [0.2, 0.25) is 0 Å². The van der Waals surface area contributed by atoms with Crippen molar-refractivity contribution in [2.75, 3.05) is 13.7 Å². The van der Waals surface area contributed by atoms with Gasteiger partial charge in [0.2, 0.25) is 0 Å². The van der Waals surface area contributed by atoms with Crippen molar-refractivity contribution in [1.29, 1.82) is 0 Å². The van der Waals surface area contributed by atoms with E-state index in [1.54, 1.807) is 39.7 Å². The number of nitrogens with zero attached hydrogens (tertiary/aromatic N) is 4. The van der Waals surface area contributed by atoms with Crippen LogP contribution in [0.3, 0.4) is 0 Å². The van der Waals surface area contributed by atoms with E-state index < -0.39 is 0 Å². The molecule has 1 aliphatic rings. The number of hydrogen-bond acceptors (Lipinski definition) is 7. The Morgan fingerprint density at radius 2 is 2.06 bits per heavy atom. The van der Waals surface area contributed by atoms with Gasteiger partial charge in [-0.1, -0.05) is 17.8 Å². The Morgan fingerprint density at radius 1 is 1.22 bits per heavy atom. The number of aryl methyl sites for hydroxylation is 3. The van der Waals surface area contributed by atoms with Crippen LogP contribution in [-0.2, 0) is 29.9 Å². The predicted octanol–water partition coefficient (Wildman–Crippen LogP) is 3.59. The van der Waals surface area contributed by atoms with E-state index in [-0.39, 0.29) is 11.1 Å². The number of hydrogen-bond donors (Lipinski definition) is 0. The lowest BCUT2D eigenvalue weighted by Gasteiger charge is -2.13. The van der Waals surface area contributed by atoms with Gasteiger partial charge in [-0.3, -0.25) is 18.6 Å². The first-order valence-corrected chi connectivity index (χ1v) is 12.5. The maximum Gasteiger partial charge on any atom is 0.263 e. The average molecular weight is 469 g/mol. The van der Waals surface area contributed by atoms with Gasteiger partial charge in [-0.05, 0) is 49.8 Å². The van der Waals surface area contributed by atoms with Gasteiger partial charge in [0, 0.05) is 30.0 Å². The average Bonchev–Trinajstić information content (AvgIpc) is 3.16. The normalized spacial score (nSPS) is 13.7. The summed E-state index contributed by atoms with van der Waals surface area (Å²) >= 11 is 3.09. The fourth-order valence-electron chi connectivity index (χ4n) is 4.23. The Bertz CT molecular complexity index is 1440. The van der Waals surface area contributed by atoms with Crippen LogP contribution in [0, 0.1) is 6.92 Å². The van der Waals surface area contributed by atoms with Gasteiger partial charge in [0.25, 0.3) is 11.1 Å². The zero-order valence-electron chi connectivity index (χ0n) is 18.1. The molecular formula is C23H24N4O3S2. The molecule has 0 N–H and O–H groups in total. The SMILES string of the molecule is COCCn1c(SCc2cc(=O)n3cccc(C)c3n2)nc2sc3c(c2c1=O)CCCC3. The Labute approximate surface area is 193 Å². The Balaban J connectivity index is 1.55. The standard InChI is InChI=1S/C23H24N4O3S2/c1-14-6-5-9-26-18(28)12-15(24-20(14)26)13-31-23-25-21-19(22(29)27(23)10-11-30-2)16-7-3-4-8-17(16)32-21/h5-6,9,12H,3-4,7-8,10-11,13H2,1-2H3. The van der Waals surface area contributed by atoms with Crippen LogP contribution < -0.4 is 11.1 Å². The molecule has 5 rings (SSSR count). The van der Waals surface area contributed by atoms with Crippen molar-refractivity contribution in [2.24, 2.45) is 0 Å². The molecule has 0 atom stereocenters. The molecule has 4 aromatic rings. The molecule has 0 spiro atoms. The van der Waals surface area contributed by atoms with Crippen LogP contribution in [0.25, 0.3) is 15.9 Å².